The minimum absolute atomic E-state index is 0.575. The maximum absolute atomic E-state index is 4.77. The van der Waals surface area contributed by atoms with E-state index in [0.29, 0.717) is 5.92 Å². The van der Waals surface area contributed by atoms with Gasteiger partial charge in [-0.3, -0.25) is 5.43 Å². The van der Waals surface area contributed by atoms with Crippen molar-refractivity contribution in [2.75, 3.05) is 18.5 Å². The average molecular weight is 303 g/mol. The fourth-order valence-corrected chi connectivity index (χ4v) is 3.42. The Labute approximate surface area is 137 Å². The van der Waals surface area contributed by atoms with Crippen LogP contribution in [0.1, 0.15) is 18.4 Å². The van der Waals surface area contributed by atoms with Gasteiger partial charge in [0.05, 0.1) is 17.1 Å². The molecule has 3 aliphatic rings. The number of benzene rings is 2. The summed E-state index contributed by atoms with van der Waals surface area (Å²) < 4.78 is 0. The summed E-state index contributed by atoms with van der Waals surface area (Å²) in [6.07, 6.45) is 4.69. The SMILES string of the molecule is C(=C1C(=NNc2ccccc2)C2CCN1CC2)c1ccccc1. The Kier molecular flexibility index (Phi) is 3.85. The molecular weight excluding hydrogens is 282 g/mol. The highest BCUT2D eigenvalue weighted by Crippen LogP contribution is 2.33. The second-order valence-electron chi connectivity index (χ2n) is 6.18. The molecular formula is C20H21N3. The molecule has 0 spiro atoms. The average Bonchev–Trinajstić information content (AvgIpc) is 2.63. The maximum Gasteiger partial charge on any atom is 0.0872 e. The molecule has 3 nitrogen and oxygen atoms in total. The zero-order valence-electron chi connectivity index (χ0n) is 13.2. The number of hydrazone groups is 1. The molecule has 0 radical (unpaired) electrons. The second kappa shape index (κ2) is 6.29. The first-order valence-electron chi connectivity index (χ1n) is 8.31. The molecule has 2 bridgehead atoms. The molecule has 2 aromatic rings. The largest absolute Gasteiger partial charge is 0.370 e. The summed E-state index contributed by atoms with van der Waals surface area (Å²) in [7, 11) is 0. The van der Waals surface area contributed by atoms with E-state index < -0.39 is 0 Å². The van der Waals surface area contributed by atoms with E-state index >= 15 is 0 Å². The van der Waals surface area contributed by atoms with Crippen LogP contribution in [-0.2, 0) is 0 Å². The third kappa shape index (κ3) is 3.00. The van der Waals surface area contributed by atoms with Gasteiger partial charge < -0.3 is 4.90 Å². The Balaban J connectivity index is 1.66. The van der Waals surface area contributed by atoms with Gasteiger partial charge in [-0.15, -0.1) is 0 Å². The molecule has 0 amide bonds. The van der Waals surface area contributed by atoms with E-state index in [-0.39, 0.29) is 0 Å². The molecule has 0 aromatic heterocycles. The van der Waals surface area contributed by atoms with Crippen LogP contribution in [0, 0.1) is 5.92 Å². The summed E-state index contributed by atoms with van der Waals surface area (Å²) in [4.78, 5) is 2.47. The zero-order valence-corrected chi connectivity index (χ0v) is 13.2. The first-order valence-corrected chi connectivity index (χ1v) is 8.31. The molecule has 5 rings (SSSR count). The Bertz CT molecular complexity index is 711. The van der Waals surface area contributed by atoms with Crippen LogP contribution in [0.3, 0.4) is 0 Å². The van der Waals surface area contributed by atoms with Crippen molar-refractivity contribution in [2.45, 2.75) is 12.8 Å². The first kappa shape index (κ1) is 14.1. The van der Waals surface area contributed by atoms with Gasteiger partial charge in [-0.1, -0.05) is 48.5 Å². The van der Waals surface area contributed by atoms with Gasteiger partial charge in [0.15, 0.2) is 0 Å². The number of allylic oxidation sites excluding steroid dienone is 1. The lowest BCUT2D eigenvalue weighted by Gasteiger charge is -2.43. The summed E-state index contributed by atoms with van der Waals surface area (Å²) >= 11 is 0. The minimum atomic E-state index is 0.575. The standard InChI is InChI=1S/C20H21N3/c1-3-7-16(8-4-1)15-19-20(17-11-13-23(19)14-12-17)22-21-18-9-5-2-6-10-18/h1-10,15,17,21H,11-14H2. The van der Waals surface area contributed by atoms with Gasteiger partial charge in [-0.05, 0) is 36.6 Å². The predicted molar refractivity (Wildman–Crippen MR) is 96.2 cm³/mol. The molecule has 1 N–H and O–H groups in total. The molecule has 3 aliphatic heterocycles. The fourth-order valence-electron chi connectivity index (χ4n) is 3.42. The van der Waals surface area contributed by atoms with Gasteiger partial charge >= 0.3 is 0 Å². The molecule has 2 aromatic carbocycles. The van der Waals surface area contributed by atoms with Crippen LogP contribution >= 0.6 is 0 Å². The summed E-state index contributed by atoms with van der Waals surface area (Å²) in [5, 5.41) is 4.77. The van der Waals surface area contributed by atoms with Crippen molar-refractivity contribution in [2.24, 2.45) is 11.0 Å². The Hall–Kier alpha value is -2.55. The number of nitrogens with zero attached hydrogens (tertiary/aromatic N) is 2. The quantitative estimate of drug-likeness (QED) is 0.860. The molecule has 0 atom stereocenters. The van der Waals surface area contributed by atoms with Crippen molar-refractivity contribution < 1.29 is 0 Å². The molecule has 23 heavy (non-hydrogen) atoms. The van der Waals surface area contributed by atoms with E-state index in [2.05, 4.69) is 46.7 Å². The Morgan fingerprint density at radius 3 is 2.26 bits per heavy atom. The smallest absolute Gasteiger partial charge is 0.0872 e. The third-order valence-corrected chi connectivity index (χ3v) is 4.67. The molecule has 116 valence electrons. The maximum atomic E-state index is 4.77. The summed E-state index contributed by atoms with van der Waals surface area (Å²) in [5.41, 5.74) is 7.99. The van der Waals surface area contributed by atoms with E-state index in [1.165, 1.54) is 29.8 Å². The van der Waals surface area contributed by atoms with Crippen molar-refractivity contribution in [1.29, 1.82) is 0 Å². The van der Waals surface area contributed by atoms with E-state index in [4.69, 9.17) is 5.10 Å². The molecule has 3 heterocycles. The topological polar surface area (TPSA) is 27.6 Å². The van der Waals surface area contributed by atoms with Gasteiger partial charge in [-0.2, -0.15) is 5.10 Å². The summed E-state index contributed by atoms with van der Waals surface area (Å²) in [6.45, 7) is 2.29. The predicted octanol–water partition coefficient (Wildman–Crippen LogP) is 4.22. The van der Waals surface area contributed by atoms with Crippen LogP contribution in [0.2, 0.25) is 0 Å². The molecule has 0 unspecified atom stereocenters. The van der Waals surface area contributed by atoms with Gasteiger partial charge in [0.25, 0.3) is 0 Å². The number of nitrogens with one attached hydrogen (secondary N) is 1. The van der Waals surface area contributed by atoms with E-state index in [1.807, 2.05) is 30.3 Å². The number of hydrogen-bond donors (Lipinski definition) is 1. The first-order chi connectivity index (χ1) is 11.4. The van der Waals surface area contributed by atoms with Gasteiger partial charge in [-0.25, -0.2) is 0 Å². The van der Waals surface area contributed by atoms with Crippen molar-refractivity contribution in [1.82, 2.24) is 4.90 Å². The lowest BCUT2D eigenvalue weighted by molar-refractivity contribution is 0.242. The number of hydrogen-bond acceptors (Lipinski definition) is 3. The number of fused-ring (bicyclic) bond motifs is 3. The fraction of sp³-hybridized carbons (Fsp3) is 0.250. The molecule has 0 saturated carbocycles. The number of piperidine rings is 3. The molecule has 3 fully saturated rings. The van der Waals surface area contributed by atoms with Crippen LogP contribution in [0.4, 0.5) is 5.69 Å². The Morgan fingerprint density at radius 2 is 1.57 bits per heavy atom. The van der Waals surface area contributed by atoms with Crippen molar-refractivity contribution >= 4 is 17.5 Å². The second-order valence-corrected chi connectivity index (χ2v) is 6.18. The summed E-state index contributed by atoms with van der Waals surface area (Å²) in [6, 6.07) is 20.7. The van der Waals surface area contributed by atoms with Crippen LogP contribution < -0.4 is 5.43 Å². The van der Waals surface area contributed by atoms with Crippen LogP contribution in [0.15, 0.2) is 71.5 Å². The van der Waals surface area contributed by atoms with Gasteiger partial charge in [0.2, 0.25) is 0 Å². The van der Waals surface area contributed by atoms with Gasteiger partial charge in [0.1, 0.15) is 0 Å². The summed E-state index contributed by atoms with van der Waals surface area (Å²) in [5.74, 6) is 0.575. The van der Waals surface area contributed by atoms with Crippen molar-refractivity contribution in [3.8, 4) is 0 Å². The molecule has 0 aliphatic carbocycles. The third-order valence-electron chi connectivity index (χ3n) is 4.67. The van der Waals surface area contributed by atoms with Crippen molar-refractivity contribution in [3.63, 3.8) is 0 Å². The highest BCUT2D eigenvalue weighted by molar-refractivity contribution is 6.06. The van der Waals surface area contributed by atoms with Crippen LogP contribution in [0.5, 0.6) is 0 Å². The number of anilines is 1. The van der Waals surface area contributed by atoms with Crippen LogP contribution in [0.25, 0.3) is 6.08 Å². The number of rotatable bonds is 3. The van der Waals surface area contributed by atoms with Crippen LogP contribution in [-0.4, -0.2) is 23.7 Å². The molecule has 3 heteroatoms. The molecule has 3 saturated heterocycles. The lowest BCUT2D eigenvalue weighted by Crippen LogP contribution is -2.46. The normalized spacial score (nSPS) is 21.1. The Morgan fingerprint density at radius 1 is 0.913 bits per heavy atom. The van der Waals surface area contributed by atoms with E-state index in [1.54, 1.807) is 0 Å². The number of para-hydroxylation sites is 1. The van der Waals surface area contributed by atoms with E-state index in [0.717, 1.165) is 18.8 Å². The monoisotopic (exact) mass is 303 g/mol. The minimum Gasteiger partial charge on any atom is -0.370 e. The lowest BCUT2D eigenvalue weighted by atomic mass is 9.83. The highest BCUT2D eigenvalue weighted by Gasteiger charge is 2.34. The highest BCUT2D eigenvalue weighted by atomic mass is 15.3. The van der Waals surface area contributed by atoms with Crippen molar-refractivity contribution in [3.05, 3.63) is 71.9 Å². The van der Waals surface area contributed by atoms with E-state index in [9.17, 15) is 0 Å². The van der Waals surface area contributed by atoms with Gasteiger partial charge in [0, 0.05) is 19.0 Å². The zero-order chi connectivity index (χ0) is 15.5.